The summed E-state index contributed by atoms with van der Waals surface area (Å²) in [4.78, 5) is 21.4. The van der Waals surface area contributed by atoms with Crippen LogP contribution in [0.25, 0.3) is 0 Å². The molecule has 1 aromatic heterocycles. The molecule has 1 aromatic carbocycles. The lowest BCUT2D eigenvalue weighted by Gasteiger charge is -2.34. The van der Waals surface area contributed by atoms with Crippen molar-refractivity contribution >= 4 is 11.7 Å². The lowest BCUT2D eigenvalue weighted by atomic mass is 9.92. The highest BCUT2D eigenvalue weighted by atomic mass is 16.2. The first-order valence-corrected chi connectivity index (χ1v) is 9.68. The Morgan fingerprint density at radius 2 is 1.93 bits per heavy atom. The molecule has 0 atom stereocenters. The Labute approximate surface area is 160 Å². The van der Waals surface area contributed by atoms with Crippen LogP contribution in [0.1, 0.15) is 36.0 Å². The molecule has 0 aliphatic carbocycles. The molecule has 5 heteroatoms. The first kappa shape index (κ1) is 17.5. The fraction of sp³-hybridized carbons (Fsp3) is 0.409. The molecule has 1 saturated heterocycles. The van der Waals surface area contributed by atoms with Crippen LogP contribution in [0.3, 0.4) is 0 Å². The van der Waals surface area contributed by atoms with Crippen LogP contribution >= 0.6 is 0 Å². The van der Waals surface area contributed by atoms with Gasteiger partial charge in [-0.2, -0.15) is 5.26 Å². The first-order chi connectivity index (χ1) is 13.2. The van der Waals surface area contributed by atoms with Crippen molar-refractivity contribution in [3.05, 3.63) is 59.3 Å². The van der Waals surface area contributed by atoms with Gasteiger partial charge >= 0.3 is 0 Å². The van der Waals surface area contributed by atoms with Crippen LogP contribution < -0.4 is 4.90 Å². The maximum Gasteiger partial charge on any atom is 0.223 e. The number of benzene rings is 1. The summed E-state index contributed by atoms with van der Waals surface area (Å²) in [5.74, 6) is 1.59. The van der Waals surface area contributed by atoms with Crippen LogP contribution in [-0.4, -0.2) is 35.4 Å². The predicted octanol–water partition coefficient (Wildman–Crippen LogP) is 3.14. The number of amides is 1. The normalized spacial score (nSPS) is 17.3. The third kappa shape index (κ3) is 3.95. The number of nitrogens with zero attached hydrogens (tertiary/aromatic N) is 4. The Kier molecular flexibility index (Phi) is 5.06. The van der Waals surface area contributed by atoms with Gasteiger partial charge in [-0.3, -0.25) is 4.79 Å². The largest absolute Gasteiger partial charge is 0.357 e. The van der Waals surface area contributed by atoms with Crippen molar-refractivity contribution in [3.8, 4) is 6.07 Å². The van der Waals surface area contributed by atoms with E-state index in [1.165, 1.54) is 11.1 Å². The number of rotatable bonds is 3. The second-order valence-electron chi connectivity index (χ2n) is 7.48. The SMILES string of the molecule is N#Cc1ccnc(N2CCC(CC(=O)N3CCc4ccccc4C3)CC2)c1. The molecule has 2 aromatic rings. The summed E-state index contributed by atoms with van der Waals surface area (Å²) in [6.45, 7) is 3.36. The summed E-state index contributed by atoms with van der Waals surface area (Å²) in [5, 5.41) is 9.05. The Balaban J connectivity index is 1.30. The third-order valence-corrected chi connectivity index (χ3v) is 5.76. The molecule has 0 spiro atoms. The molecule has 2 aliphatic rings. The molecule has 1 fully saturated rings. The summed E-state index contributed by atoms with van der Waals surface area (Å²) in [7, 11) is 0. The Hall–Kier alpha value is -2.87. The molecule has 1 amide bonds. The summed E-state index contributed by atoms with van der Waals surface area (Å²) in [5.41, 5.74) is 3.31. The minimum absolute atomic E-state index is 0.285. The molecule has 0 unspecified atom stereocenters. The van der Waals surface area contributed by atoms with Crippen LogP contribution in [0.2, 0.25) is 0 Å². The molecule has 0 radical (unpaired) electrons. The van der Waals surface area contributed by atoms with Gasteiger partial charge in [-0.05, 0) is 48.4 Å². The summed E-state index contributed by atoms with van der Waals surface area (Å²) < 4.78 is 0. The van der Waals surface area contributed by atoms with Gasteiger partial charge in [0, 0.05) is 38.8 Å². The van der Waals surface area contributed by atoms with Crippen molar-refractivity contribution < 1.29 is 4.79 Å². The second-order valence-corrected chi connectivity index (χ2v) is 7.48. The Morgan fingerprint density at radius 3 is 2.70 bits per heavy atom. The number of hydrogen-bond acceptors (Lipinski definition) is 4. The molecular formula is C22H24N4O. The van der Waals surface area contributed by atoms with E-state index in [9.17, 15) is 4.79 Å². The average molecular weight is 360 g/mol. The Morgan fingerprint density at radius 1 is 1.15 bits per heavy atom. The molecular weight excluding hydrogens is 336 g/mol. The molecule has 138 valence electrons. The fourth-order valence-corrected chi connectivity index (χ4v) is 4.11. The van der Waals surface area contributed by atoms with Gasteiger partial charge < -0.3 is 9.80 Å². The van der Waals surface area contributed by atoms with Gasteiger partial charge in [-0.15, -0.1) is 0 Å². The molecule has 27 heavy (non-hydrogen) atoms. The number of fused-ring (bicyclic) bond motifs is 1. The smallest absolute Gasteiger partial charge is 0.223 e. The maximum absolute atomic E-state index is 12.8. The van der Waals surface area contributed by atoms with Gasteiger partial charge in [0.15, 0.2) is 0 Å². The van der Waals surface area contributed by atoms with E-state index < -0.39 is 0 Å². The van der Waals surface area contributed by atoms with Crippen LogP contribution in [0.5, 0.6) is 0 Å². The molecule has 4 rings (SSSR count). The van der Waals surface area contributed by atoms with Crippen LogP contribution in [0, 0.1) is 17.2 Å². The summed E-state index contributed by atoms with van der Waals surface area (Å²) in [6, 6.07) is 14.2. The molecule has 5 nitrogen and oxygen atoms in total. The lowest BCUT2D eigenvalue weighted by Crippen LogP contribution is -2.39. The van der Waals surface area contributed by atoms with Crippen molar-refractivity contribution in [3.63, 3.8) is 0 Å². The number of carbonyl (C=O) groups excluding carboxylic acids is 1. The zero-order valence-corrected chi connectivity index (χ0v) is 15.5. The molecule has 0 bridgehead atoms. The van der Waals surface area contributed by atoms with E-state index >= 15 is 0 Å². The predicted molar refractivity (Wildman–Crippen MR) is 104 cm³/mol. The van der Waals surface area contributed by atoms with E-state index in [-0.39, 0.29) is 5.91 Å². The number of pyridine rings is 1. The van der Waals surface area contributed by atoms with Gasteiger partial charge in [-0.1, -0.05) is 24.3 Å². The van der Waals surface area contributed by atoms with Gasteiger partial charge in [0.1, 0.15) is 5.82 Å². The molecule has 0 N–H and O–H groups in total. The topological polar surface area (TPSA) is 60.2 Å². The number of piperidine rings is 1. The lowest BCUT2D eigenvalue weighted by molar-refractivity contribution is -0.133. The van der Waals surface area contributed by atoms with E-state index in [2.05, 4.69) is 40.2 Å². The van der Waals surface area contributed by atoms with Gasteiger partial charge in [0.25, 0.3) is 0 Å². The number of carbonyl (C=O) groups is 1. The highest BCUT2D eigenvalue weighted by molar-refractivity contribution is 5.76. The van der Waals surface area contributed by atoms with Gasteiger partial charge in [0.05, 0.1) is 11.6 Å². The van der Waals surface area contributed by atoms with Crippen LogP contribution in [0.4, 0.5) is 5.82 Å². The standard InChI is InChI=1S/C22H24N4O/c23-15-18-5-9-24-21(13-18)25-10-6-17(7-11-25)14-22(27)26-12-8-19-3-1-2-4-20(19)16-26/h1-5,9,13,17H,6-8,10-12,14,16H2. The van der Waals surface area contributed by atoms with E-state index in [1.807, 2.05) is 11.0 Å². The van der Waals surface area contributed by atoms with Gasteiger partial charge in [0.2, 0.25) is 5.91 Å². The van der Waals surface area contributed by atoms with Crippen LogP contribution in [0.15, 0.2) is 42.6 Å². The van der Waals surface area contributed by atoms with E-state index in [0.29, 0.717) is 17.9 Å². The summed E-state index contributed by atoms with van der Waals surface area (Å²) >= 11 is 0. The zero-order valence-electron chi connectivity index (χ0n) is 15.5. The summed E-state index contributed by atoms with van der Waals surface area (Å²) in [6.07, 6.45) is 5.28. The number of nitriles is 1. The maximum atomic E-state index is 12.8. The van der Waals surface area contributed by atoms with Crippen molar-refractivity contribution in [1.82, 2.24) is 9.88 Å². The highest BCUT2D eigenvalue weighted by Gasteiger charge is 2.26. The number of hydrogen-bond donors (Lipinski definition) is 0. The quantitative estimate of drug-likeness (QED) is 0.844. The average Bonchev–Trinajstić information content (AvgIpc) is 2.74. The van der Waals surface area contributed by atoms with E-state index in [0.717, 1.165) is 51.3 Å². The molecule has 3 heterocycles. The van der Waals surface area contributed by atoms with Crippen molar-refractivity contribution in [2.75, 3.05) is 24.5 Å². The van der Waals surface area contributed by atoms with Crippen molar-refractivity contribution in [2.45, 2.75) is 32.2 Å². The zero-order chi connectivity index (χ0) is 18.6. The van der Waals surface area contributed by atoms with Crippen molar-refractivity contribution in [1.29, 1.82) is 5.26 Å². The van der Waals surface area contributed by atoms with E-state index in [1.54, 1.807) is 12.3 Å². The number of aromatic nitrogens is 1. The third-order valence-electron chi connectivity index (χ3n) is 5.76. The monoisotopic (exact) mass is 360 g/mol. The van der Waals surface area contributed by atoms with Gasteiger partial charge in [-0.25, -0.2) is 4.98 Å². The van der Waals surface area contributed by atoms with Crippen molar-refractivity contribution in [2.24, 2.45) is 5.92 Å². The molecule has 0 saturated carbocycles. The number of anilines is 1. The minimum Gasteiger partial charge on any atom is -0.357 e. The first-order valence-electron chi connectivity index (χ1n) is 9.68. The highest BCUT2D eigenvalue weighted by Crippen LogP contribution is 2.26. The minimum atomic E-state index is 0.285. The van der Waals surface area contributed by atoms with Crippen LogP contribution in [-0.2, 0) is 17.8 Å². The second kappa shape index (κ2) is 7.79. The van der Waals surface area contributed by atoms with E-state index in [4.69, 9.17) is 5.26 Å². The Bertz CT molecular complexity index is 865. The fourth-order valence-electron chi connectivity index (χ4n) is 4.11. The molecule has 2 aliphatic heterocycles.